The molecule has 1 aliphatic rings. The molecule has 0 saturated carbocycles. The van der Waals surface area contributed by atoms with Crippen molar-refractivity contribution < 1.29 is 9.13 Å². The molecular weight excluding hydrogens is 347 g/mol. The zero-order valence-electron chi connectivity index (χ0n) is 15.4. The van der Waals surface area contributed by atoms with Crippen LogP contribution in [0.3, 0.4) is 0 Å². The van der Waals surface area contributed by atoms with Crippen LogP contribution in [0.5, 0.6) is 0 Å². The molecule has 4 rings (SSSR count). The molecule has 0 bridgehead atoms. The molecule has 0 radical (unpaired) electrons. The van der Waals surface area contributed by atoms with E-state index in [1.165, 1.54) is 6.07 Å². The third-order valence-electron chi connectivity index (χ3n) is 4.62. The van der Waals surface area contributed by atoms with Crippen molar-refractivity contribution in [3.05, 3.63) is 36.3 Å². The van der Waals surface area contributed by atoms with Crippen molar-refractivity contribution >= 4 is 28.7 Å². The molecule has 0 atom stereocenters. The number of nitrogens with one attached hydrogen (secondary N) is 2. The SMILES string of the molecule is CC(C)n1c(Nc2ccccc2F)nc2cnc(NC3CCOCC3)nc21. The van der Waals surface area contributed by atoms with Crippen LogP contribution >= 0.6 is 0 Å². The third kappa shape index (κ3) is 3.71. The van der Waals surface area contributed by atoms with Crippen LogP contribution in [0.4, 0.5) is 22.0 Å². The number of nitrogens with zero attached hydrogens (tertiary/aromatic N) is 4. The average molecular weight is 370 g/mol. The summed E-state index contributed by atoms with van der Waals surface area (Å²) in [5.41, 5.74) is 1.76. The van der Waals surface area contributed by atoms with Gasteiger partial charge >= 0.3 is 0 Å². The zero-order valence-corrected chi connectivity index (χ0v) is 15.4. The van der Waals surface area contributed by atoms with Gasteiger partial charge in [0.05, 0.1) is 11.9 Å². The normalized spacial score (nSPS) is 15.4. The van der Waals surface area contributed by atoms with Gasteiger partial charge in [0.15, 0.2) is 5.65 Å². The van der Waals surface area contributed by atoms with E-state index in [1.54, 1.807) is 24.4 Å². The number of ether oxygens (including phenoxy) is 1. The van der Waals surface area contributed by atoms with Crippen molar-refractivity contribution in [1.29, 1.82) is 0 Å². The first-order chi connectivity index (χ1) is 13.1. The number of hydrogen-bond acceptors (Lipinski definition) is 6. The van der Waals surface area contributed by atoms with Crippen molar-refractivity contribution in [3.8, 4) is 0 Å². The van der Waals surface area contributed by atoms with Crippen LogP contribution in [0.2, 0.25) is 0 Å². The summed E-state index contributed by atoms with van der Waals surface area (Å²) in [5.74, 6) is 0.795. The number of halogens is 1. The van der Waals surface area contributed by atoms with Gasteiger partial charge in [-0.3, -0.25) is 4.57 Å². The molecule has 1 aliphatic heterocycles. The number of fused-ring (bicyclic) bond motifs is 1. The summed E-state index contributed by atoms with van der Waals surface area (Å²) in [6, 6.07) is 6.94. The number of imidazole rings is 1. The Kier molecular flexibility index (Phi) is 4.89. The predicted molar refractivity (Wildman–Crippen MR) is 103 cm³/mol. The van der Waals surface area contributed by atoms with Crippen molar-refractivity contribution in [2.45, 2.75) is 38.8 Å². The molecule has 8 heteroatoms. The van der Waals surface area contributed by atoms with Crippen LogP contribution < -0.4 is 10.6 Å². The molecule has 3 aromatic rings. The molecular formula is C19H23FN6O. The van der Waals surface area contributed by atoms with Crippen molar-refractivity contribution in [2.24, 2.45) is 0 Å². The molecule has 1 aromatic carbocycles. The van der Waals surface area contributed by atoms with Gasteiger partial charge in [0.25, 0.3) is 0 Å². The Morgan fingerprint density at radius 3 is 2.70 bits per heavy atom. The van der Waals surface area contributed by atoms with E-state index in [-0.39, 0.29) is 11.9 Å². The van der Waals surface area contributed by atoms with Gasteiger partial charge in [-0.25, -0.2) is 14.4 Å². The minimum atomic E-state index is -0.326. The Labute approximate surface area is 157 Å². The standard InChI is InChI=1S/C19H23FN6O/c1-12(2)26-17-16(24-19(26)23-15-6-4-3-5-14(15)20)11-21-18(25-17)22-13-7-9-27-10-8-13/h3-6,11-13H,7-10H2,1-2H3,(H,23,24)(H,21,22,25). The summed E-state index contributed by atoms with van der Waals surface area (Å²) in [5, 5.41) is 6.47. The van der Waals surface area contributed by atoms with Crippen molar-refractivity contribution in [3.63, 3.8) is 0 Å². The first-order valence-corrected chi connectivity index (χ1v) is 9.22. The first-order valence-electron chi connectivity index (χ1n) is 9.22. The predicted octanol–water partition coefficient (Wildman–Crippen LogP) is 3.88. The molecule has 142 valence electrons. The largest absolute Gasteiger partial charge is 0.381 e. The van der Waals surface area contributed by atoms with Gasteiger partial charge in [-0.1, -0.05) is 12.1 Å². The molecule has 0 unspecified atom stereocenters. The maximum Gasteiger partial charge on any atom is 0.224 e. The highest BCUT2D eigenvalue weighted by Gasteiger charge is 2.19. The van der Waals surface area contributed by atoms with E-state index in [9.17, 15) is 4.39 Å². The Bertz CT molecular complexity index is 935. The fourth-order valence-electron chi connectivity index (χ4n) is 3.25. The lowest BCUT2D eigenvalue weighted by atomic mass is 10.1. The van der Waals surface area contributed by atoms with E-state index in [2.05, 4.69) is 25.6 Å². The number of hydrogen-bond donors (Lipinski definition) is 2. The van der Waals surface area contributed by atoms with E-state index in [0.717, 1.165) is 26.1 Å². The highest BCUT2D eigenvalue weighted by atomic mass is 19.1. The van der Waals surface area contributed by atoms with E-state index >= 15 is 0 Å². The lowest BCUT2D eigenvalue weighted by Crippen LogP contribution is -2.28. The number of rotatable bonds is 5. The number of benzene rings is 1. The van der Waals surface area contributed by atoms with Crippen LogP contribution in [0.15, 0.2) is 30.5 Å². The summed E-state index contributed by atoms with van der Waals surface area (Å²) >= 11 is 0. The van der Waals surface area contributed by atoms with E-state index < -0.39 is 0 Å². The van der Waals surface area contributed by atoms with Crippen LogP contribution in [-0.2, 0) is 4.74 Å². The van der Waals surface area contributed by atoms with Gasteiger partial charge in [-0.05, 0) is 38.8 Å². The number of para-hydroxylation sites is 1. The molecule has 0 spiro atoms. The second kappa shape index (κ2) is 7.48. The second-order valence-electron chi connectivity index (χ2n) is 6.94. The Morgan fingerprint density at radius 2 is 1.96 bits per heavy atom. The summed E-state index contributed by atoms with van der Waals surface area (Å²) in [7, 11) is 0. The number of anilines is 3. The van der Waals surface area contributed by atoms with E-state index in [4.69, 9.17) is 4.74 Å². The molecule has 2 N–H and O–H groups in total. The van der Waals surface area contributed by atoms with Crippen LogP contribution in [0, 0.1) is 5.82 Å². The third-order valence-corrected chi connectivity index (χ3v) is 4.62. The topological polar surface area (TPSA) is 76.9 Å². The Hall–Kier alpha value is -2.74. The monoisotopic (exact) mass is 370 g/mol. The second-order valence-corrected chi connectivity index (χ2v) is 6.94. The van der Waals surface area contributed by atoms with Gasteiger partial charge in [-0.2, -0.15) is 4.98 Å². The Morgan fingerprint density at radius 1 is 1.19 bits per heavy atom. The highest BCUT2D eigenvalue weighted by Crippen LogP contribution is 2.27. The van der Waals surface area contributed by atoms with Gasteiger partial charge in [0, 0.05) is 25.3 Å². The summed E-state index contributed by atoms with van der Waals surface area (Å²) in [4.78, 5) is 13.6. The molecule has 27 heavy (non-hydrogen) atoms. The van der Waals surface area contributed by atoms with Crippen molar-refractivity contribution in [1.82, 2.24) is 19.5 Å². The van der Waals surface area contributed by atoms with Crippen LogP contribution in [-0.4, -0.2) is 38.8 Å². The fourth-order valence-corrected chi connectivity index (χ4v) is 3.25. The summed E-state index contributed by atoms with van der Waals surface area (Å²) < 4.78 is 21.4. The van der Waals surface area contributed by atoms with Gasteiger partial charge in [-0.15, -0.1) is 0 Å². The Balaban J connectivity index is 1.68. The lowest BCUT2D eigenvalue weighted by molar-refractivity contribution is 0.0903. The van der Waals surface area contributed by atoms with Gasteiger partial charge in [0.1, 0.15) is 11.3 Å². The van der Waals surface area contributed by atoms with E-state index in [0.29, 0.717) is 34.8 Å². The van der Waals surface area contributed by atoms with E-state index in [1.807, 2.05) is 18.4 Å². The maximum absolute atomic E-state index is 14.0. The average Bonchev–Trinajstić information content (AvgIpc) is 3.02. The maximum atomic E-state index is 14.0. The fraction of sp³-hybridized carbons (Fsp3) is 0.421. The molecule has 2 aromatic heterocycles. The molecule has 0 amide bonds. The molecule has 7 nitrogen and oxygen atoms in total. The van der Waals surface area contributed by atoms with Gasteiger partial charge in [0.2, 0.25) is 11.9 Å². The van der Waals surface area contributed by atoms with Crippen molar-refractivity contribution in [2.75, 3.05) is 23.8 Å². The minimum Gasteiger partial charge on any atom is -0.381 e. The minimum absolute atomic E-state index is 0.0927. The van der Waals surface area contributed by atoms with Gasteiger partial charge < -0.3 is 15.4 Å². The zero-order chi connectivity index (χ0) is 18.8. The molecule has 1 saturated heterocycles. The highest BCUT2D eigenvalue weighted by molar-refractivity contribution is 5.76. The smallest absolute Gasteiger partial charge is 0.224 e. The summed E-state index contributed by atoms with van der Waals surface area (Å²) in [6.07, 6.45) is 3.57. The molecule has 1 fully saturated rings. The van der Waals surface area contributed by atoms with Crippen LogP contribution in [0.25, 0.3) is 11.2 Å². The lowest BCUT2D eigenvalue weighted by Gasteiger charge is -2.23. The molecule has 3 heterocycles. The van der Waals surface area contributed by atoms with Crippen LogP contribution in [0.1, 0.15) is 32.7 Å². The number of aromatic nitrogens is 4. The molecule has 0 aliphatic carbocycles. The summed E-state index contributed by atoms with van der Waals surface area (Å²) in [6.45, 7) is 5.59. The first kappa shape index (κ1) is 17.7. The quantitative estimate of drug-likeness (QED) is 0.710.